The molecular formula is C24H38N2O3. The highest BCUT2D eigenvalue weighted by Crippen LogP contribution is 2.33. The van der Waals surface area contributed by atoms with Crippen LogP contribution in [0, 0.1) is 0 Å². The van der Waals surface area contributed by atoms with Crippen LogP contribution >= 0.6 is 0 Å². The molecule has 1 aromatic carbocycles. The van der Waals surface area contributed by atoms with Crippen LogP contribution in [0.25, 0.3) is 0 Å². The van der Waals surface area contributed by atoms with Crippen molar-refractivity contribution in [2.75, 3.05) is 38.2 Å². The highest BCUT2D eigenvalue weighted by atomic mass is 16.5. The number of ether oxygens (including phenoxy) is 2. The molecule has 5 heteroatoms. The number of rotatable bonds is 9. The summed E-state index contributed by atoms with van der Waals surface area (Å²) in [5.74, 6) is 0.848. The maximum Gasteiger partial charge on any atom is 0.256 e. The summed E-state index contributed by atoms with van der Waals surface area (Å²) in [6.07, 6.45) is 11.4. The van der Waals surface area contributed by atoms with Crippen LogP contribution in [0.3, 0.4) is 0 Å². The molecule has 162 valence electrons. The largest absolute Gasteiger partial charge is 0.494 e. The number of hydrogen-bond donors (Lipinski definition) is 1. The standard InChI is InChI=1S/C24H38N2O3/c1-2-29-24(15-6-5-7-16-24)23(27)25-21-11-13-22(14-12-21)28-20-10-19-26-17-8-3-4-9-18-26/h11-14H,2-10,15-20H2,1H3,(H,25,27). The van der Waals surface area contributed by atoms with E-state index >= 15 is 0 Å². The molecule has 1 heterocycles. The SMILES string of the molecule is CCOC1(C(=O)Nc2ccc(OCCCN3CCCCCC3)cc2)CCCCC1. The van der Waals surface area contributed by atoms with Crippen molar-refractivity contribution >= 4 is 11.6 Å². The molecule has 3 rings (SSSR count). The van der Waals surface area contributed by atoms with Crippen LogP contribution in [-0.4, -0.2) is 49.3 Å². The van der Waals surface area contributed by atoms with Gasteiger partial charge in [0.25, 0.3) is 5.91 Å². The van der Waals surface area contributed by atoms with Crippen molar-refractivity contribution in [3.63, 3.8) is 0 Å². The van der Waals surface area contributed by atoms with E-state index in [1.807, 2.05) is 31.2 Å². The van der Waals surface area contributed by atoms with E-state index in [0.29, 0.717) is 6.61 Å². The first-order valence-electron chi connectivity index (χ1n) is 11.6. The second kappa shape index (κ2) is 11.6. The number of carbonyl (C=O) groups excluding carboxylic acids is 1. The summed E-state index contributed by atoms with van der Waals surface area (Å²) < 4.78 is 11.8. The summed E-state index contributed by atoms with van der Waals surface area (Å²) in [5, 5.41) is 3.05. The summed E-state index contributed by atoms with van der Waals surface area (Å²) in [6.45, 7) is 6.85. The number of anilines is 1. The number of nitrogens with one attached hydrogen (secondary N) is 1. The first-order valence-corrected chi connectivity index (χ1v) is 11.6. The van der Waals surface area contributed by atoms with Crippen molar-refractivity contribution in [2.45, 2.75) is 76.7 Å². The summed E-state index contributed by atoms with van der Waals surface area (Å²) in [6, 6.07) is 7.72. The Morgan fingerprint density at radius 2 is 1.66 bits per heavy atom. The van der Waals surface area contributed by atoms with E-state index in [0.717, 1.165) is 56.7 Å². The molecule has 2 fully saturated rings. The Bertz CT molecular complexity index is 598. The second-order valence-electron chi connectivity index (χ2n) is 8.42. The Morgan fingerprint density at radius 3 is 2.31 bits per heavy atom. The lowest BCUT2D eigenvalue weighted by atomic mass is 9.83. The molecule has 0 radical (unpaired) electrons. The fraction of sp³-hybridized carbons (Fsp3) is 0.708. The zero-order valence-corrected chi connectivity index (χ0v) is 18.1. The number of carbonyl (C=O) groups is 1. The molecule has 29 heavy (non-hydrogen) atoms. The van der Waals surface area contributed by atoms with Gasteiger partial charge in [0.05, 0.1) is 6.61 Å². The predicted molar refractivity (Wildman–Crippen MR) is 118 cm³/mol. The maximum atomic E-state index is 12.9. The minimum absolute atomic E-state index is 0.00910. The van der Waals surface area contributed by atoms with E-state index in [1.165, 1.54) is 45.2 Å². The van der Waals surface area contributed by atoms with E-state index in [4.69, 9.17) is 9.47 Å². The van der Waals surface area contributed by atoms with Gasteiger partial charge in [0.15, 0.2) is 0 Å². The summed E-state index contributed by atoms with van der Waals surface area (Å²) in [7, 11) is 0. The third-order valence-electron chi connectivity index (χ3n) is 6.19. The highest BCUT2D eigenvalue weighted by Gasteiger charge is 2.40. The summed E-state index contributed by atoms with van der Waals surface area (Å²) in [4.78, 5) is 15.4. The van der Waals surface area contributed by atoms with E-state index in [-0.39, 0.29) is 5.91 Å². The van der Waals surface area contributed by atoms with E-state index in [2.05, 4.69) is 10.2 Å². The molecule has 2 aliphatic rings. The van der Waals surface area contributed by atoms with Gasteiger partial charge in [-0.25, -0.2) is 0 Å². The minimum atomic E-state index is -0.657. The molecule has 1 amide bonds. The Labute approximate surface area is 176 Å². The maximum absolute atomic E-state index is 12.9. The van der Waals surface area contributed by atoms with Gasteiger partial charge in [-0.15, -0.1) is 0 Å². The van der Waals surface area contributed by atoms with Gasteiger partial charge in [-0.2, -0.15) is 0 Å². The fourth-order valence-electron chi connectivity index (χ4n) is 4.55. The van der Waals surface area contributed by atoms with Crippen LogP contribution in [-0.2, 0) is 9.53 Å². The molecule has 1 aromatic rings. The van der Waals surface area contributed by atoms with Crippen molar-refractivity contribution in [1.29, 1.82) is 0 Å². The molecule has 0 spiro atoms. The highest BCUT2D eigenvalue weighted by molar-refractivity contribution is 5.97. The Hall–Kier alpha value is -1.59. The first-order chi connectivity index (χ1) is 14.2. The molecule has 1 N–H and O–H groups in total. The van der Waals surface area contributed by atoms with Gasteiger partial charge in [-0.3, -0.25) is 4.79 Å². The molecule has 1 saturated carbocycles. The zero-order valence-electron chi connectivity index (χ0n) is 18.1. The predicted octanol–water partition coefficient (Wildman–Crippen LogP) is 5.01. The van der Waals surface area contributed by atoms with Gasteiger partial charge in [-0.05, 0) is 76.4 Å². The van der Waals surface area contributed by atoms with Crippen molar-refractivity contribution in [3.8, 4) is 5.75 Å². The van der Waals surface area contributed by atoms with Gasteiger partial charge in [0.1, 0.15) is 11.4 Å². The quantitative estimate of drug-likeness (QED) is 0.590. The second-order valence-corrected chi connectivity index (χ2v) is 8.42. The van der Waals surface area contributed by atoms with E-state index < -0.39 is 5.60 Å². The molecule has 0 atom stereocenters. The topological polar surface area (TPSA) is 50.8 Å². The van der Waals surface area contributed by atoms with Crippen LogP contribution in [0.1, 0.15) is 71.1 Å². The minimum Gasteiger partial charge on any atom is -0.494 e. The number of hydrogen-bond acceptors (Lipinski definition) is 4. The van der Waals surface area contributed by atoms with Gasteiger partial charge in [0, 0.05) is 18.8 Å². The molecule has 0 aromatic heterocycles. The normalized spacial score (nSPS) is 20.0. The molecule has 0 bridgehead atoms. The molecule has 1 aliphatic carbocycles. The zero-order chi connectivity index (χ0) is 20.4. The third kappa shape index (κ3) is 6.71. The lowest BCUT2D eigenvalue weighted by Gasteiger charge is -2.35. The molecule has 1 aliphatic heterocycles. The summed E-state index contributed by atoms with van der Waals surface area (Å²) in [5.41, 5.74) is 0.145. The Kier molecular flexibility index (Phi) is 8.81. The molecule has 1 saturated heterocycles. The number of amides is 1. The monoisotopic (exact) mass is 402 g/mol. The van der Waals surface area contributed by atoms with Gasteiger partial charge >= 0.3 is 0 Å². The van der Waals surface area contributed by atoms with Crippen LogP contribution in [0.5, 0.6) is 5.75 Å². The number of nitrogens with zero attached hydrogens (tertiary/aromatic N) is 1. The van der Waals surface area contributed by atoms with Crippen LogP contribution in [0.15, 0.2) is 24.3 Å². The van der Waals surface area contributed by atoms with Gasteiger partial charge < -0.3 is 19.7 Å². The van der Waals surface area contributed by atoms with E-state index in [1.54, 1.807) is 0 Å². The third-order valence-corrected chi connectivity index (χ3v) is 6.19. The number of likely N-dealkylation sites (tertiary alicyclic amines) is 1. The van der Waals surface area contributed by atoms with Crippen LogP contribution in [0.2, 0.25) is 0 Å². The average molecular weight is 403 g/mol. The van der Waals surface area contributed by atoms with Crippen molar-refractivity contribution in [1.82, 2.24) is 4.90 Å². The Morgan fingerprint density at radius 1 is 1.00 bits per heavy atom. The lowest BCUT2D eigenvalue weighted by molar-refractivity contribution is -0.145. The van der Waals surface area contributed by atoms with Gasteiger partial charge in [-0.1, -0.05) is 32.1 Å². The lowest BCUT2D eigenvalue weighted by Crippen LogP contribution is -2.47. The van der Waals surface area contributed by atoms with Gasteiger partial charge in [0.2, 0.25) is 0 Å². The van der Waals surface area contributed by atoms with Crippen LogP contribution in [0.4, 0.5) is 5.69 Å². The Balaban J connectivity index is 1.42. The van der Waals surface area contributed by atoms with Crippen LogP contribution < -0.4 is 10.1 Å². The first kappa shape index (κ1) is 22.1. The van der Waals surface area contributed by atoms with Crippen molar-refractivity contribution in [3.05, 3.63) is 24.3 Å². The van der Waals surface area contributed by atoms with E-state index in [9.17, 15) is 4.79 Å². The average Bonchev–Trinajstić information content (AvgIpc) is 3.02. The van der Waals surface area contributed by atoms with Crippen molar-refractivity contribution < 1.29 is 14.3 Å². The van der Waals surface area contributed by atoms with Crippen molar-refractivity contribution in [2.24, 2.45) is 0 Å². The molecular weight excluding hydrogens is 364 g/mol. The summed E-state index contributed by atoms with van der Waals surface area (Å²) >= 11 is 0. The molecule has 0 unspecified atom stereocenters. The number of benzene rings is 1. The molecule has 5 nitrogen and oxygen atoms in total. The fourth-order valence-corrected chi connectivity index (χ4v) is 4.55. The smallest absolute Gasteiger partial charge is 0.256 e.